The zero-order valence-electron chi connectivity index (χ0n) is 14.7. The Bertz CT molecular complexity index is 1080. The number of rotatable bonds is 7. The predicted molar refractivity (Wildman–Crippen MR) is 117 cm³/mol. The van der Waals surface area contributed by atoms with E-state index in [-0.39, 0.29) is 11.5 Å². The smallest absolute Gasteiger partial charge is 0.313 e. The maximum atomic E-state index is 11.0. The van der Waals surface area contributed by atoms with Gasteiger partial charge in [-0.1, -0.05) is 29.3 Å². The van der Waals surface area contributed by atoms with Crippen molar-refractivity contribution < 1.29 is 9.66 Å². The number of benzene rings is 2. The fourth-order valence-electron chi connectivity index (χ4n) is 2.30. The molecule has 0 aliphatic carbocycles. The fraction of sp³-hybridized carbons (Fsp3) is 0.0526. The number of anilines is 1. The normalized spacial score (nSPS) is 10.9. The molecule has 29 heavy (non-hydrogen) atoms. The first-order valence-electron chi connectivity index (χ1n) is 8.19. The van der Waals surface area contributed by atoms with E-state index in [1.54, 1.807) is 24.3 Å². The summed E-state index contributed by atoms with van der Waals surface area (Å²) in [5.41, 5.74) is 4.07. The van der Waals surface area contributed by atoms with Crippen molar-refractivity contribution in [3.63, 3.8) is 0 Å². The Balaban J connectivity index is 1.64. The lowest BCUT2D eigenvalue weighted by molar-refractivity contribution is -0.384. The number of pyridine rings is 1. The SMILES string of the molecule is O=[N+]([O-])c1cccnc1N/N=C\c1ccc(OCc2ccc(Cl)c(Cl)c2)c(Br)c1. The molecule has 3 aromatic rings. The van der Waals surface area contributed by atoms with Gasteiger partial charge in [-0.3, -0.25) is 15.5 Å². The van der Waals surface area contributed by atoms with Crippen molar-refractivity contribution in [1.29, 1.82) is 0 Å². The van der Waals surface area contributed by atoms with E-state index < -0.39 is 4.92 Å². The van der Waals surface area contributed by atoms with Crippen LogP contribution in [0.2, 0.25) is 10.0 Å². The summed E-state index contributed by atoms with van der Waals surface area (Å²) in [6.07, 6.45) is 2.97. The van der Waals surface area contributed by atoms with Crippen LogP contribution in [0, 0.1) is 10.1 Å². The summed E-state index contributed by atoms with van der Waals surface area (Å²) in [7, 11) is 0. The summed E-state index contributed by atoms with van der Waals surface area (Å²) in [6, 6.07) is 13.5. The van der Waals surface area contributed by atoms with Crippen LogP contribution in [0.1, 0.15) is 11.1 Å². The van der Waals surface area contributed by atoms with Crippen molar-refractivity contribution >= 4 is 56.9 Å². The van der Waals surface area contributed by atoms with Gasteiger partial charge in [0, 0.05) is 12.3 Å². The number of ether oxygens (including phenoxy) is 1. The van der Waals surface area contributed by atoms with E-state index in [9.17, 15) is 10.1 Å². The second-order valence-corrected chi connectivity index (χ2v) is 7.39. The molecule has 0 amide bonds. The van der Waals surface area contributed by atoms with Gasteiger partial charge < -0.3 is 4.74 Å². The number of hydrogen-bond donors (Lipinski definition) is 1. The third-order valence-corrected chi connectivity index (χ3v) is 5.06. The summed E-state index contributed by atoms with van der Waals surface area (Å²) < 4.78 is 6.52. The number of nitrogens with one attached hydrogen (secondary N) is 1. The van der Waals surface area contributed by atoms with Gasteiger partial charge in [-0.05, 0) is 63.5 Å². The summed E-state index contributed by atoms with van der Waals surface area (Å²) >= 11 is 15.4. The van der Waals surface area contributed by atoms with E-state index in [0.717, 1.165) is 15.6 Å². The highest BCUT2D eigenvalue weighted by molar-refractivity contribution is 9.10. The van der Waals surface area contributed by atoms with E-state index >= 15 is 0 Å². The summed E-state index contributed by atoms with van der Waals surface area (Å²) in [4.78, 5) is 14.4. The van der Waals surface area contributed by atoms with Crippen LogP contribution in [0.25, 0.3) is 0 Å². The molecule has 7 nitrogen and oxygen atoms in total. The Morgan fingerprint density at radius 2 is 2.03 bits per heavy atom. The summed E-state index contributed by atoms with van der Waals surface area (Å²) in [5, 5.41) is 15.9. The molecule has 1 aromatic heterocycles. The summed E-state index contributed by atoms with van der Waals surface area (Å²) in [6.45, 7) is 0.327. The zero-order chi connectivity index (χ0) is 20.8. The molecule has 0 aliphatic rings. The third-order valence-electron chi connectivity index (χ3n) is 3.70. The molecule has 1 N–H and O–H groups in total. The lowest BCUT2D eigenvalue weighted by Gasteiger charge is -2.09. The molecule has 3 rings (SSSR count). The van der Waals surface area contributed by atoms with Gasteiger partial charge in [-0.15, -0.1) is 0 Å². The molecule has 0 bridgehead atoms. The molecule has 148 valence electrons. The van der Waals surface area contributed by atoms with Crippen LogP contribution < -0.4 is 10.2 Å². The van der Waals surface area contributed by atoms with Gasteiger partial charge in [0.05, 0.1) is 25.7 Å². The van der Waals surface area contributed by atoms with E-state index in [1.165, 1.54) is 24.5 Å². The van der Waals surface area contributed by atoms with Crippen LogP contribution >= 0.6 is 39.1 Å². The Morgan fingerprint density at radius 1 is 1.21 bits per heavy atom. The number of hydrogen-bond acceptors (Lipinski definition) is 6. The minimum atomic E-state index is -0.526. The quantitative estimate of drug-likeness (QED) is 0.243. The van der Waals surface area contributed by atoms with E-state index in [4.69, 9.17) is 27.9 Å². The van der Waals surface area contributed by atoms with Gasteiger partial charge in [-0.2, -0.15) is 5.10 Å². The van der Waals surface area contributed by atoms with Crippen molar-refractivity contribution in [2.45, 2.75) is 6.61 Å². The first kappa shape index (κ1) is 21.0. The molecule has 2 aromatic carbocycles. The van der Waals surface area contributed by atoms with E-state index in [2.05, 4.69) is 31.4 Å². The van der Waals surface area contributed by atoms with Gasteiger partial charge in [-0.25, -0.2) is 4.98 Å². The molecule has 0 radical (unpaired) electrons. The molecule has 0 fully saturated rings. The van der Waals surface area contributed by atoms with E-state index in [0.29, 0.717) is 22.4 Å². The molecular weight excluding hydrogens is 483 g/mol. The third kappa shape index (κ3) is 5.66. The topological polar surface area (TPSA) is 89.7 Å². The Hall–Kier alpha value is -2.68. The van der Waals surface area contributed by atoms with Crippen LogP contribution in [0.5, 0.6) is 5.75 Å². The molecule has 0 unspecified atom stereocenters. The van der Waals surface area contributed by atoms with Crippen molar-refractivity contribution in [2.75, 3.05) is 5.43 Å². The van der Waals surface area contributed by atoms with Crippen molar-refractivity contribution in [1.82, 2.24) is 4.98 Å². The van der Waals surface area contributed by atoms with Crippen LogP contribution in [0.15, 0.2) is 64.3 Å². The standard InChI is InChI=1S/C19H13BrCl2N4O3/c20-14-8-12(10-24-25-19-17(26(27)28)2-1-7-23-19)4-6-18(14)29-11-13-3-5-15(21)16(22)9-13/h1-10H,11H2,(H,23,25)/b24-10-. The van der Waals surface area contributed by atoms with Crippen molar-refractivity contribution in [3.8, 4) is 5.75 Å². The highest BCUT2D eigenvalue weighted by atomic mass is 79.9. The molecule has 10 heteroatoms. The molecular formula is C19H13BrCl2N4O3. The number of aromatic nitrogens is 1. The second kappa shape index (κ2) is 9.69. The van der Waals surface area contributed by atoms with Gasteiger partial charge >= 0.3 is 5.69 Å². The molecule has 0 saturated carbocycles. The molecule has 0 aliphatic heterocycles. The maximum Gasteiger partial charge on any atom is 0.313 e. The monoisotopic (exact) mass is 494 g/mol. The first-order valence-corrected chi connectivity index (χ1v) is 9.73. The van der Waals surface area contributed by atoms with Gasteiger partial charge in [0.2, 0.25) is 5.82 Å². The second-order valence-electron chi connectivity index (χ2n) is 5.73. The largest absolute Gasteiger partial charge is 0.488 e. The molecule has 0 saturated heterocycles. The van der Waals surface area contributed by atoms with E-state index in [1.807, 2.05) is 12.1 Å². The van der Waals surface area contributed by atoms with Crippen molar-refractivity contribution in [3.05, 3.63) is 90.5 Å². The zero-order valence-corrected chi connectivity index (χ0v) is 17.8. The Morgan fingerprint density at radius 3 is 2.76 bits per heavy atom. The molecule has 0 spiro atoms. The Labute approximate surface area is 184 Å². The average molecular weight is 496 g/mol. The fourth-order valence-corrected chi connectivity index (χ4v) is 3.13. The Kier molecular flexibility index (Phi) is 7.03. The predicted octanol–water partition coefficient (Wildman–Crippen LogP) is 6.08. The van der Waals surface area contributed by atoms with Crippen LogP contribution in [-0.2, 0) is 6.61 Å². The summed E-state index contributed by atoms with van der Waals surface area (Å²) in [5.74, 6) is 0.705. The molecule has 1 heterocycles. The van der Waals surface area contributed by atoms with Gasteiger partial charge in [0.15, 0.2) is 0 Å². The highest BCUT2D eigenvalue weighted by Gasteiger charge is 2.13. The maximum absolute atomic E-state index is 11.0. The van der Waals surface area contributed by atoms with Crippen LogP contribution in [0.3, 0.4) is 0 Å². The van der Waals surface area contributed by atoms with Crippen molar-refractivity contribution in [2.24, 2.45) is 5.10 Å². The minimum absolute atomic E-state index is 0.0643. The van der Waals surface area contributed by atoms with Crippen LogP contribution in [-0.4, -0.2) is 16.1 Å². The van der Waals surface area contributed by atoms with Crippen LogP contribution in [0.4, 0.5) is 11.5 Å². The number of nitrogens with zero attached hydrogens (tertiary/aromatic N) is 3. The first-order chi connectivity index (χ1) is 13.9. The molecule has 0 atom stereocenters. The van der Waals surface area contributed by atoms with Gasteiger partial charge in [0.25, 0.3) is 0 Å². The number of hydrazone groups is 1. The highest BCUT2D eigenvalue weighted by Crippen LogP contribution is 2.28. The lowest BCUT2D eigenvalue weighted by atomic mass is 10.2. The van der Waals surface area contributed by atoms with Gasteiger partial charge in [0.1, 0.15) is 12.4 Å². The average Bonchev–Trinajstić information content (AvgIpc) is 2.70. The number of nitro groups is 1. The minimum Gasteiger partial charge on any atom is -0.488 e. The lowest BCUT2D eigenvalue weighted by Crippen LogP contribution is -1.99. The number of halogens is 3.